The molecule has 0 spiro atoms. The number of rotatable bonds is 5. The summed E-state index contributed by atoms with van der Waals surface area (Å²) in [5, 5.41) is 12.0. The van der Waals surface area contributed by atoms with Crippen LogP contribution in [-0.4, -0.2) is 36.7 Å². The molecule has 0 atom stereocenters. The van der Waals surface area contributed by atoms with E-state index in [1.807, 2.05) is 24.3 Å². The lowest BCUT2D eigenvalue weighted by Gasteiger charge is -2.17. The van der Waals surface area contributed by atoms with E-state index in [0.717, 1.165) is 18.8 Å². The third-order valence-electron chi connectivity index (χ3n) is 4.04. The van der Waals surface area contributed by atoms with Crippen molar-refractivity contribution >= 4 is 23.3 Å². The number of amides is 1. The molecule has 1 amide bonds. The average molecular weight is 340 g/mol. The Balaban J connectivity index is 1.49. The Morgan fingerprint density at radius 2 is 1.80 bits per heavy atom. The predicted octanol–water partition coefficient (Wildman–Crippen LogP) is 2.79. The molecule has 1 fully saturated rings. The van der Waals surface area contributed by atoms with Crippen LogP contribution in [0, 0.1) is 0 Å². The molecule has 0 bridgehead atoms. The molecule has 3 rings (SSSR count). The molecule has 2 aromatic rings. The highest BCUT2D eigenvalue weighted by molar-refractivity contribution is 5.95. The molecule has 6 nitrogen and oxygen atoms in total. The number of ether oxygens (including phenoxy) is 1. The van der Waals surface area contributed by atoms with Gasteiger partial charge in [0.25, 0.3) is 5.91 Å². The number of carbonyl (C=O) groups excluding carboxylic acids is 2. The number of esters is 1. The van der Waals surface area contributed by atoms with Crippen LogP contribution in [0.5, 0.6) is 5.75 Å². The number of nitrogens with one attached hydrogen (secondary N) is 1. The van der Waals surface area contributed by atoms with Gasteiger partial charge >= 0.3 is 5.97 Å². The van der Waals surface area contributed by atoms with Crippen LogP contribution in [0.4, 0.5) is 11.4 Å². The van der Waals surface area contributed by atoms with Crippen LogP contribution >= 0.6 is 0 Å². The van der Waals surface area contributed by atoms with Gasteiger partial charge in [0, 0.05) is 24.5 Å². The molecular formula is C19H20N2O4. The second-order valence-electron chi connectivity index (χ2n) is 5.92. The van der Waals surface area contributed by atoms with E-state index < -0.39 is 11.9 Å². The Hall–Kier alpha value is -3.02. The van der Waals surface area contributed by atoms with E-state index in [2.05, 4.69) is 10.2 Å². The second kappa shape index (κ2) is 7.70. The summed E-state index contributed by atoms with van der Waals surface area (Å²) >= 11 is 0. The SMILES string of the molecule is O=C(COC(=O)c1cccc(O)c1)Nc1ccc(N2CCCC2)cc1. The average Bonchev–Trinajstić information content (AvgIpc) is 3.15. The quantitative estimate of drug-likeness (QED) is 0.818. The summed E-state index contributed by atoms with van der Waals surface area (Å²) in [4.78, 5) is 26.0. The van der Waals surface area contributed by atoms with Crippen molar-refractivity contribution in [1.82, 2.24) is 0 Å². The first kappa shape index (κ1) is 16.8. The van der Waals surface area contributed by atoms with Crippen molar-refractivity contribution < 1.29 is 19.4 Å². The number of anilines is 2. The number of nitrogens with zero attached hydrogens (tertiary/aromatic N) is 1. The number of phenols is 1. The summed E-state index contributed by atoms with van der Waals surface area (Å²) in [6.07, 6.45) is 2.42. The molecule has 130 valence electrons. The topological polar surface area (TPSA) is 78.9 Å². The third-order valence-corrected chi connectivity index (χ3v) is 4.04. The van der Waals surface area contributed by atoms with Crippen LogP contribution in [0.2, 0.25) is 0 Å². The zero-order valence-corrected chi connectivity index (χ0v) is 13.8. The lowest BCUT2D eigenvalue weighted by molar-refractivity contribution is -0.119. The molecule has 2 aromatic carbocycles. The molecule has 1 aliphatic heterocycles. The molecule has 0 saturated carbocycles. The molecule has 6 heteroatoms. The molecule has 1 aliphatic rings. The Labute approximate surface area is 146 Å². The maximum atomic E-state index is 11.9. The fourth-order valence-corrected chi connectivity index (χ4v) is 2.78. The van der Waals surface area contributed by atoms with Crippen molar-refractivity contribution in [2.45, 2.75) is 12.8 Å². The number of hydrogen-bond acceptors (Lipinski definition) is 5. The standard InChI is InChI=1S/C19H20N2O4/c22-17-5-3-4-14(12-17)19(24)25-13-18(23)20-15-6-8-16(9-7-15)21-10-1-2-11-21/h3-9,12,22H,1-2,10-11,13H2,(H,20,23). The van der Waals surface area contributed by atoms with Crippen molar-refractivity contribution in [2.75, 3.05) is 29.9 Å². The van der Waals surface area contributed by atoms with Gasteiger partial charge in [-0.1, -0.05) is 6.07 Å². The van der Waals surface area contributed by atoms with Crippen LogP contribution in [0.3, 0.4) is 0 Å². The van der Waals surface area contributed by atoms with Crippen molar-refractivity contribution in [3.8, 4) is 5.75 Å². The highest BCUT2D eigenvalue weighted by atomic mass is 16.5. The Morgan fingerprint density at radius 1 is 1.08 bits per heavy atom. The highest BCUT2D eigenvalue weighted by Crippen LogP contribution is 2.22. The summed E-state index contributed by atoms with van der Waals surface area (Å²) in [5.41, 5.74) is 2.00. The zero-order chi connectivity index (χ0) is 17.6. The van der Waals surface area contributed by atoms with Gasteiger partial charge in [-0.25, -0.2) is 4.79 Å². The fourth-order valence-electron chi connectivity index (χ4n) is 2.78. The molecule has 2 N–H and O–H groups in total. The van der Waals surface area contributed by atoms with Crippen molar-refractivity contribution in [2.24, 2.45) is 0 Å². The lowest BCUT2D eigenvalue weighted by Crippen LogP contribution is -2.21. The van der Waals surface area contributed by atoms with Gasteiger partial charge in [0.2, 0.25) is 0 Å². The van der Waals surface area contributed by atoms with E-state index in [-0.39, 0.29) is 17.9 Å². The van der Waals surface area contributed by atoms with E-state index in [1.165, 1.54) is 37.1 Å². The minimum absolute atomic E-state index is 0.0306. The first-order chi connectivity index (χ1) is 12.1. The van der Waals surface area contributed by atoms with Gasteiger partial charge in [0.15, 0.2) is 6.61 Å². The van der Waals surface area contributed by atoms with E-state index in [9.17, 15) is 14.7 Å². The van der Waals surface area contributed by atoms with Gasteiger partial charge in [-0.05, 0) is 55.3 Å². The van der Waals surface area contributed by atoms with Crippen molar-refractivity contribution in [1.29, 1.82) is 0 Å². The largest absolute Gasteiger partial charge is 0.508 e. The van der Waals surface area contributed by atoms with Crippen LogP contribution in [0.1, 0.15) is 23.2 Å². The summed E-state index contributed by atoms with van der Waals surface area (Å²) in [6.45, 7) is 1.75. The third kappa shape index (κ3) is 4.50. The number of phenolic OH excluding ortho intramolecular Hbond substituents is 1. The van der Waals surface area contributed by atoms with Gasteiger partial charge in [0.1, 0.15) is 5.75 Å². The molecule has 1 saturated heterocycles. The van der Waals surface area contributed by atoms with Gasteiger partial charge < -0.3 is 20.1 Å². The monoisotopic (exact) mass is 340 g/mol. The molecule has 0 unspecified atom stereocenters. The van der Waals surface area contributed by atoms with Gasteiger partial charge in [-0.2, -0.15) is 0 Å². The summed E-state index contributed by atoms with van der Waals surface area (Å²) in [5.74, 6) is -1.10. The molecule has 1 heterocycles. The minimum atomic E-state index is -0.657. The number of aromatic hydroxyl groups is 1. The normalized spacial score (nSPS) is 13.5. The predicted molar refractivity (Wildman–Crippen MR) is 94.9 cm³/mol. The second-order valence-corrected chi connectivity index (χ2v) is 5.92. The van der Waals surface area contributed by atoms with Gasteiger partial charge in [-0.15, -0.1) is 0 Å². The number of hydrogen-bond donors (Lipinski definition) is 2. The summed E-state index contributed by atoms with van der Waals surface area (Å²) < 4.78 is 4.95. The van der Waals surface area contributed by atoms with E-state index in [1.54, 1.807) is 0 Å². The number of carbonyl (C=O) groups is 2. The first-order valence-electron chi connectivity index (χ1n) is 8.23. The summed E-state index contributed by atoms with van der Waals surface area (Å²) in [7, 11) is 0. The van der Waals surface area contributed by atoms with Crippen LogP contribution in [0.25, 0.3) is 0 Å². The molecule has 0 aliphatic carbocycles. The Morgan fingerprint density at radius 3 is 2.48 bits per heavy atom. The highest BCUT2D eigenvalue weighted by Gasteiger charge is 2.13. The van der Waals surface area contributed by atoms with Crippen molar-refractivity contribution in [3.63, 3.8) is 0 Å². The molecule has 25 heavy (non-hydrogen) atoms. The lowest BCUT2D eigenvalue weighted by atomic mass is 10.2. The van der Waals surface area contributed by atoms with E-state index in [0.29, 0.717) is 5.69 Å². The van der Waals surface area contributed by atoms with Crippen molar-refractivity contribution in [3.05, 3.63) is 54.1 Å². The van der Waals surface area contributed by atoms with E-state index >= 15 is 0 Å². The summed E-state index contributed by atoms with van der Waals surface area (Å²) in [6, 6.07) is 13.4. The smallest absolute Gasteiger partial charge is 0.338 e. The van der Waals surface area contributed by atoms with Crippen LogP contribution in [0.15, 0.2) is 48.5 Å². The first-order valence-corrected chi connectivity index (χ1v) is 8.23. The maximum Gasteiger partial charge on any atom is 0.338 e. The Bertz CT molecular complexity index is 752. The van der Waals surface area contributed by atoms with Gasteiger partial charge in [-0.3, -0.25) is 4.79 Å². The van der Waals surface area contributed by atoms with Crippen LogP contribution < -0.4 is 10.2 Å². The number of benzene rings is 2. The fraction of sp³-hybridized carbons (Fsp3) is 0.263. The Kier molecular flexibility index (Phi) is 5.18. The maximum absolute atomic E-state index is 11.9. The molecule has 0 aromatic heterocycles. The molecule has 0 radical (unpaired) electrons. The minimum Gasteiger partial charge on any atom is -0.508 e. The van der Waals surface area contributed by atoms with Crippen LogP contribution in [-0.2, 0) is 9.53 Å². The zero-order valence-electron chi connectivity index (χ0n) is 13.8. The molecular weight excluding hydrogens is 320 g/mol. The van der Waals surface area contributed by atoms with Gasteiger partial charge in [0.05, 0.1) is 5.56 Å². The van der Waals surface area contributed by atoms with E-state index in [4.69, 9.17) is 4.74 Å².